The van der Waals surface area contributed by atoms with Crippen molar-refractivity contribution in [3.05, 3.63) is 16.4 Å². The number of hydrogen-bond donors (Lipinski definition) is 1. The molecule has 6 heteroatoms. The Morgan fingerprint density at radius 3 is 2.88 bits per heavy atom. The van der Waals surface area contributed by atoms with E-state index >= 15 is 0 Å². The van der Waals surface area contributed by atoms with E-state index in [1.807, 2.05) is 18.4 Å². The number of amides is 1. The summed E-state index contributed by atoms with van der Waals surface area (Å²) in [4.78, 5) is 16.6. The second-order valence-corrected chi connectivity index (χ2v) is 4.86. The highest BCUT2D eigenvalue weighted by Gasteiger charge is 2.13. The first-order chi connectivity index (χ1) is 8.15. The second kappa shape index (κ2) is 4.83. The zero-order valence-electron chi connectivity index (χ0n) is 10.3. The zero-order chi connectivity index (χ0) is 12.4. The second-order valence-electron chi connectivity index (χ2n) is 3.82. The quantitative estimate of drug-likeness (QED) is 0.900. The largest absolute Gasteiger partial charge is 0.350 e. The Kier molecular flexibility index (Phi) is 3.42. The molecule has 1 amide bonds. The molecule has 0 bridgehead atoms. The Morgan fingerprint density at radius 2 is 2.24 bits per heavy atom. The van der Waals surface area contributed by atoms with Crippen molar-refractivity contribution in [1.29, 1.82) is 0 Å². The van der Waals surface area contributed by atoms with Gasteiger partial charge in [0, 0.05) is 6.42 Å². The van der Waals surface area contributed by atoms with Crippen molar-refractivity contribution in [2.45, 2.75) is 40.2 Å². The summed E-state index contributed by atoms with van der Waals surface area (Å²) in [5, 5.41) is 8.40. The van der Waals surface area contributed by atoms with E-state index in [9.17, 15) is 4.79 Å². The van der Waals surface area contributed by atoms with Crippen LogP contribution in [0.3, 0.4) is 0 Å². The highest BCUT2D eigenvalue weighted by atomic mass is 32.1. The fourth-order valence-electron chi connectivity index (χ4n) is 1.58. The lowest BCUT2D eigenvalue weighted by Gasteiger charge is -2.02. The summed E-state index contributed by atoms with van der Waals surface area (Å²) in [5.41, 5.74) is 1.90. The topological polar surface area (TPSA) is 59.3 Å². The van der Waals surface area contributed by atoms with Gasteiger partial charge in [0.15, 0.2) is 0 Å². The van der Waals surface area contributed by atoms with Crippen molar-refractivity contribution >= 4 is 22.2 Å². The first kappa shape index (κ1) is 12.0. The monoisotopic (exact) mass is 252 g/mol. The van der Waals surface area contributed by atoms with Gasteiger partial charge in [-0.05, 0) is 13.3 Å². The van der Waals surface area contributed by atoms with Crippen molar-refractivity contribution in [2.24, 2.45) is 0 Å². The first-order valence-corrected chi connectivity index (χ1v) is 6.58. The van der Waals surface area contributed by atoms with E-state index in [1.165, 1.54) is 0 Å². The lowest BCUT2D eigenvalue weighted by atomic mass is 10.3. The first-order valence-electron chi connectivity index (χ1n) is 5.76. The number of hydrogen-bond acceptors (Lipinski definition) is 4. The minimum atomic E-state index is 0.0466. The average molecular weight is 252 g/mol. The van der Waals surface area contributed by atoms with Crippen LogP contribution in [0.1, 0.15) is 36.7 Å². The number of aromatic nitrogens is 3. The van der Waals surface area contributed by atoms with Gasteiger partial charge in [-0.25, -0.2) is 9.50 Å². The SMILES string of the molecule is CCC(=O)NCc1c(C)nc2sc(CC)nn12. The van der Waals surface area contributed by atoms with Crippen LogP contribution < -0.4 is 5.32 Å². The molecule has 0 radical (unpaired) electrons. The van der Waals surface area contributed by atoms with Crippen LogP contribution >= 0.6 is 11.3 Å². The molecule has 0 aliphatic carbocycles. The van der Waals surface area contributed by atoms with E-state index < -0.39 is 0 Å². The van der Waals surface area contributed by atoms with Crippen molar-refractivity contribution in [3.63, 3.8) is 0 Å². The van der Waals surface area contributed by atoms with Crippen molar-refractivity contribution < 1.29 is 4.79 Å². The number of imidazole rings is 1. The molecule has 0 aliphatic heterocycles. The Morgan fingerprint density at radius 1 is 1.47 bits per heavy atom. The molecule has 92 valence electrons. The van der Waals surface area contributed by atoms with Gasteiger partial charge in [0.1, 0.15) is 5.01 Å². The molecular weight excluding hydrogens is 236 g/mol. The minimum absolute atomic E-state index is 0.0466. The fourth-order valence-corrected chi connectivity index (χ4v) is 2.48. The van der Waals surface area contributed by atoms with Gasteiger partial charge in [-0.2, -0.15) is 5.10 Å². The molecule has 5 nitrogen and oxygen atoms in total. The van der Waals surface area contributed by atoms with Crippen LogP contribution in [0.4, 0.5) is 0 Å². The molecule has 0 saturated heterocycles. The molecule has 0 saturated carbocycles. The van der Waals surface area contributed by atoms with Gasteiger partial charge < -0.3 is 5.32 Å². The van der Waals surface area contributed by atoms with Crippen molar-refractivity contribution in [3.8, 4) is 0 Å². The summed E-state index contributed by atoms with van der Waals surface area (Å²) in [7, 11) is 0. The highest BCUT2D eigenvalue weighted by Crippen LogP contribution is 2.18. The van der Waals surface area contributed by atoms with E-state index in [2.05, 4.69) is 22.3 Å². The maximum Gasteiger partial charge on any atom is 0.220 e. The third-order valence-corrected chi connectivity index (χ3v) is 3.67. The Labute approximate surface area is 104 Å². The van der Waals surface area contributed by atoms with Crippen LogP contribution in [0.25, 0.3) is 4.96 Å². The van der Waals surface area contributed by atoms with E-state index in [-0.39, 0.29) is 5.91 Å². The third-order valence-electron chi connectivity index (χ3n) is 2.62. The summed E-state index contributed by atoms with van der Waals surface area (Å²) in [5.74, 6) is 0.0466. The van der Waals surface area contributed by atoms with Crippen LogP contribution in [-0.4, -0.2) is 20.5 Å². The predicted octanol–water partition coefficient (Wildman–Crippen LogP) is 1.69. The zero-order valence-corrected chi connectivity index (χ0v) is 11.1. The molecule has 0 spiro atoms. The van der Waals surface area contributed by atoms with E-state index in [0.717, 1.165) is 27.8 Å². The number of aryl methyl sites for hydroxylation is 2. The summed E-state index contributed by atoms with van der Waals surface area (Å²) < 4.78 is 1.84. The van der Waals surface area contributed by atoms with Gasteiger partial charge in [-0.15, -0.1) is 0 Å². The number of fused-ring (bicyclic) bond motifs is 1. The standard InChI is InChI=1S/C11H16N4OS/c1-4-9(16)12-6-8-7(3)13-11-15(8)14-10(5-2)17-11/h4-6H2,1-3H3,(H,12,16). The number of carbonyl (C=O) groups is 1. The van der Waals surface area contributed by atoms with Crippen LogP contribution in [0, 0.1) is 6.92 Å². The van der Waals surface area contributed by atoms with Crippen LogP contribution in [0.2, 0.25) is 0 Å². The summed E-state index contributed by atoms with van der Waals surface area (Å²) in [6.07, 6.45) is 1.41. The maximum atomic E-state index is 11.3. The van der Waals surface area contributed by atoms with Gasteiger partial charge in [-0.1, -0.05) is 25.2 Å². The summed E-state index contributed by atoms with van der Waals surface area (Å²) in [6.45, 7) is 6.35. The number of nitrogens with one attached hydrogen (secondary N) is 1. The molecule has 0 atom stereocenters. The Hall–Kier alpha value is -1.43. The van der Waals surface area contributed by atoms with Gasteiger partial charge in [0.05, 0.1) is 17.9 Å². The molecule has 2 aromatic heterocycles. The predicted molar refractivity (Wildman–Crippen MR) is 67.1 cm³/mol. The molecule has 2 rings (SSSR count). The molecular formula is C11H16N4OS. The average Bonchev–Trinajstić information content (AvgIpc) is 2.83. The molecule has 0 aromatic carbocycles. The van der Waals surface area contributed by atoms with Gasteiger partial charge in [0.2, 0.25) is 10.9 Å². The molecule has 0 aliphatic rings. The number of nitrogens with zero attached hydrogens (tertiary/aromatic N) is 3. The lowest BCUT2D eigenvalue weighted by Crippen LogP contribution is -2.22. The Balaban J connectivity index is 2.28. The maximum absolute atomic E-state index is 11.3. The van der Waals surface area contributed by atoms with Crippen molar-refractivity contribution in [1.82, 2.24) is 19.9 Å². The number of carbonyl (C=O) groups excluding carboxylic acids is 1. The van der Waals surface area contributed by atoms with Crippen molar-refractivity contribution in [2.75, 3.05) is 0 Å². The molecule has 1 N–H and O–H groups in total. The van der Waals surface area contributed by atoms with Gasteiger partial charge >= 0.3 is 0 Å². The molecule has 2 heterocycles. The Bertz CT molecular complexity index is 543. The molecule has 0 unspecified atom stereocenters. The summed E-state index contributed by atoms with van der Waals surface area (Å²) >= 11 is 1.60. The van der Waals surface area contributed by atoms with Gasteiger partial charge in [0.25, 0.3) is 0 Å². The fraction of sp³-hybridized carbons (Fsp3) is 0.545. The van der Waals surface area contributed by atoms with Crippen LogP contribution in [-0.2, 0) is 17.8 Å². The molecule has 2 aromatic rings. The third kappa shape index (κ3) is 2.31. The normalized spacial score (nSPS) is 11.0. The molecule has 17 heavy (non-hydrogen) atoms. The van der Waals surface area contributed by atoms with E-state index in [0.29, 0.717) is 13.0 Å². The summed E-state index contributed by atoms with van der Waals surface area (Å²) in [6, 6.07) is 0. The lowest BCUT2D eigenvalue weighted by molar-refractivity contribution is -0.120. The van der Waals surface area contributed by atoms with Gasteiger partial charge in [-0.3, -0.25) is 4.79 Å². The van der Waals surface area contributed by atoms with Crippen LogP contribution in [0.15, 0.2) is 0 Å². The highest BCUT2D eigenvalue weighted by molar-refractivity contribution is 7.16. The van der Waals surface area contributed by atoms with E-state index in [4.69, 9.17) is 0 Å². The minimum Gasteiger partial charge on any atom is -0.350 e. The smallest absolute Gasteiger partial charge is 0.220 e. The molecule has 0 fully saturated rings. The van der Waals surface area contributed by atoms with Crippen LogP contribution in [0.5, 0.6) is 0 Å². The van der Waals surface area contributed by atoms with E-state index in [1.54, 1.807) is 11.3 Å². The number of rotatable bonds is 4.